The maximum Gasteiger partial charge on any atom is 0.306 e. The highest BCUT2D eigenvalue weighted by Gasteiger charge is 2.31. The first-order valence-electron chi connectivity index (χ1n) is 7.00. The number of rotatable bonds is 4. The van der Waals surface area contributed by atoms with Gasteiger partial charge >= 0.3 is 5.97 Å². The van der Waals surface area contributed by atoms with E-state index in [0.29, 0.717) is 18.5 Å². The van der Waals surface area contributed by atoms with E-state index in [1.165, 1.54) is 0 Å². The summed E-state index contributed by atoms with van der Waals surface area (Å²) in [6, 6.07) is 0. The van der Waals surface area contributed by atoms with Gasteiger partial charge < -0.3 is 10.4 Å². The number of carbonyl (C=O) groups excluding carboxylic acids is 1. The first-order valence-corrected chi connectivity index (χ1v) is 7.00. The molecule has 110 valence electrons. The summed E-state index contributed by atoms with van der Waals surface area (Å²) in [7, 11) is 1.79. The van der Waals surface area contributed by atoms with Crippen molar-refractivity contribution in [3.63, 3.8) is 0 Å². The molecule has 1 saturated carbocycles. The van der Waals surface area contributed by atoms with Crippen molar-refractivity contribution in [3.05, 3.63) is 17.5 Å². The van der Waals surface area contributed by atoms with Crippen molar-refractivity contribution < 1.29 is 14.7 Å². The van der Waals surface area contributed by atoms with Gasteiger partial charge in [0.15, 0.2) is 0 Å². The number of amides is 1. The smallest absolute Gasteiger partial charge is 0.306 e. The average molecular weight is 279 g/mol. The molecule has 0 spiro atoms. The lowest BCUT2D eigenvalue weighted by Gasteiger charge is -2.28. The van der Waals surface area contributed by atoms with E-state index in [0.717, 1.165) is 25.0 Å². The van der Waals surface area contributed by atoms with Gasteiger partial charge in [0.05, 0.1) is 17.7 Å². The lowest BCUT2D eigenvalue weighted by atomic mass is 9.79. The second kappa shape index (κ2) is 6.07. The summed E-state index contributed by atoms with van der Waals surface area (Å²) in [6.45, 7) is 2.26. The van der Waals surface area contributed by atoms with Gasteiger partial charge in [-0.25, -0.2) is 0 Å². The number of hydrogen-bond acceptors (Lipinski definition) is 3. The number of hydrogen-bond donors (Lipinski definition) is 2. The zero-order chi connectivity index (χ0) is 14.7. The standard InChI is InChI=1S/C14H21N3O3/c1-9-12(8-16-17(9)2)13(18)15-7-10-5-3-4-6-11(10)14(19)20/h8,10-11H,3-7H2,1-2H3,(H,15,18)(H,19,20). The van der Waals surface area contributed by atoms with E-state index in [4.69, 9.17) is 0 Å². The summed E-state index contributed by atoms with van der Waals surface area (Å²) < 4.78 is 1.65. The molecule has 1 fully saturated rings. The van der Waals surface area contributed by atoms with Gasteiger partial charge in [-0.3, -0.25) is 14.3 Å². The Morgan fingerprint density at radius 3 is 2.75 bits per heavy atom. The number of carboxylic acids is 1. The summed E-state index contributed by atoms with van der Waals surface area (Å²) in [4.78, 5) is 23.3. The van der Waals surface area contributed by atoms with Gasteiger partial charge in [0.25, 0.3) is 5.91 Å². The number of carbonyl (C=O) groups is 2. The highest BCUT2D eigenvalue weighted by Crippen LogP contribution is 2.29. The molecule has 0 aliphatic heterocycles. The molecule has 1 aromatic heterocycles. The number of nitrogens with one attached hydrogen (secondary N) is 1. The van der Waals surface area contributed by atoms with Crippen molar-refractivity contribution in [2.24, 2.45) is 18.9 Å². The zero-order valence-electron chi connectivity index (χ0n) is 11.9. The minimum Gasteiger partial charge on any atom is -0.481 e. The molecular formula is C14H21N3O3. The summed E-state index contributed by atoms with van der Waals surface area (Å²) >= 11 is 0. The summed E-state index contributed by atoms with van der Waals surface area (Å²) in [5.41, 5.74) is 1.36. The van der Waals surface area contributed by atoms with Gasteiger partial charge in [-0.15, -0.1) is 0 Å². The first-order chi connectivity index (χ1) is 9.50. The van der Waals surface area contributed by atoms with Crippen LogP contribution in [0.2, 0.25) is 0 Å². The summed E-state index contributed by atoms with van der Waals surface area (Å²) in [5, 5.41) is 16.1. The third-order valence-electron chi connectivity index (χ3n) is 4.23. The van der Waals surface area contributed by atoms with E-state index < -0.39 is 5.97 Å². The van der Waals surface area contributed by atoms with Gasteiger partial charge in [-0.1, -0.05) is 12.8 Å². The van der Waals surface area contributed by atoms with Gasteiger partial charge in [0.2, 0.25) is 0 Å². The number of aryl methyl sites for hydroxylation is 1. The molecule has 2 rings (SSSR count). The van der Waals surface area contributed by atoms with Crippen molar-refractivity contribution in [1.29, 1.82) is 0 Å². The van der Waals surface area contributed by atoms with Crippen LogP contribution in [0, 0.1) is 18.8 Å². The third kappa shape index (κ3) is 3.00. The first kappa shape index (κ1) is 14.6. The Morgan fingerprint density at radius 1 is 1.45 bits per heavy atom. The fourth-order valence-corrected chi connectivity index (χ4v) is 2.82. The van der Waals surface area contributed by atoms with E-state index in [1.54, 1.807) is 17.9 Å². The van der Waals surface area contributed by atoms with Gasteiger partial charge in [0.1, 0.15) is 0 Å². The third-order valence-corrected chi connectivity index (χ3v) is 4.23. The maximum absolute atomic E-state index is 12.1. The van der Waals surface area contributed by atoms with Crippen molar-refractivity contribution in [3.8, 4) is 0 Å². The van der Waals surface area contributed by atoms with Crippen LogP contribution in [0.3, 0.4) is 0 Å². The fraction of sp³-hybridized carbons (Fsp3) is 0.643. The Hall–Kier alpha value is -1.85. The van der Waals surface area contributed by atoms with Crippen LogP contribution in [-0.4, -0.2) is 33.3 Å². The topological polar surface area (TPSA) is 84.2 Å². The molecule has 1 aromatic rings. The van der Waals surface area contributed by atoms with Crippen molar-refractivity contribution in [2.45, 2.75) is 32.6 Å². The van der Waals surface area contributed by atoms with Crippen molar-refractivity contribution in [1.82, 2.24) is 15.1 Å². The lowest BCUT2D eigenvalue weighted by molar-refractivity contribution is -0.144. The molecular weight excluding hydrogens is 258 g/mol. The van der Waals surface area contributed by atoms with Crippen molar-refractivity contribution >= 4 is 11.9 Å². The molecule has 1 amide bonds. The zero-order valence-corrected chi connectivity index (χ0v) is 11.9. The van der Waals surface area contributed by atoms with Crippen LogP contribution in [0.5, 0.6) is 0 Å². The molecule has 2 N–H and O–H groups in total. The molecule has 20 heavy (non-hydrogen) atoms. The predicted molar refractivity (Wildman–Crippen MR) is 73.4 cm³/mol. The molecule has 0 aromatic carbocycles. The van der Waals surface area contributed by atoms with E-state index >= 15 is 0 Å². The van der Waals surface area contributed by atoms with E-state index in [-0.39, 0.29) is 17.7 Å². The predicted octanol–water partition coefficient (Wildman–Crippen LogP) is 1.35. The van der Waals surface area contributed by atoms with Crippen LogP contribution in [0.15, 0.2) is 6.20 Å². The molecule has 6 nitrogen and oxygen atoms in total. The van der Waals surface area contributed by atoms with Crippen LogP contribution in [0.25, 0.3) is 0 Å². The fourth-order valence-electron chi connectivity index (χ4n) is 2.82. The normalized spacial score (nSPS) is 22.5. The summed E-state index contributed by atoms with van der Waals surface area (Å²) in [6.07, 6.45) is 5.12. The molecule has 1 aliphatic carbocycles. The average Bonchev–Trinajstić information content (AvgIpc) is 2.76. The highest BCUT2D eigenvalue weighted by molar-refractivity contribution is 5.95. The lowest BCUT2D eigenvalue weighted by Crippen LogP contribution is -2.37. The van der Waals surface area contributed by atoms with Gasteiger partial charge in [-0.2, -0.15) is 5.10 Å². The van der Waals surface area contributed by atoms with Crippen molar-refractivity contribution in [2.75, 3.05) is 6.54 Å². The Kier molecular flexibility index (Phi) is 4.42. The Bertz CT molecular complexity index is 510. The molecule has 1 aliphatic rings. The highest BCUT2D eigenvalue weighted by atomic mass is 16.4. The molecule has 0 radical (unpaired) electrons. The van der Waals surface area contributed by atoms with Crippen LogP contribution in [-0.2, 0) is 11.8 Å². The number of carboxylic acid groups (broad SMARTS) is 1. The van der Waals surface area contributed by atoms with Crippen LogP contribution < -0.4 is 5.32 Å². The molecule has 2 atom stereocenters. The number of aliphatic carboxylic acids is 1. The maximum atomic E-state index is 12.1. The monoisotopic (exact) mass is 279 g/mol. The van der Waals surface area contributed by atoms with E-state index in [1.807, 2.05) is 6.92 Å². The minimum absolute atomic E-state index is 0.0298. The Balaban J connectivity index is 1.95. The minimum atomic E-state index is -0.749. The second-order valence-electron chi connectivity index (χ2n) is 5.47. The molecule has 2 unspecified atom stereocenters. The molecule has 1 heterocycles. The Morgan fingerprint density at radius 2 is 2.15 bits per heavy atom. The number of nitrogens with zero attached hydrogens (tertiary/aromatic N) is 2. The summed E-state index contributed by atoms with van der Waals surface area (Å²) in [5.74, 6) is -1.23. The van der Waals surface area contributed by atoms with E-state index in [9.17, 15) is 14.7 Å². The second-order valence-corrected chi connectivity index (χ2v) is 5.47. The van der Waals surface area contributed by atoms with Crippen LogP contribution >= 0.6 is 0 Å². The molecule has 0 saturated heterocycles. The molecule has 6 heteroatoms. The number of aromatic nitrogens is 2. The Labute approximate surface area is 118 Å². The van der Waals surface area contributed by atoms with Crippen LogP contribution in [0.4, 0.5) is 0 Å². The SMILES string of the molecule is Cc1c(C(=O)NCC2CCCCC2C(=O)O)cnn1C. The molecule has 0 bridgehead atoms. The van der Waals surface area contributed by atoms with Gasteiger partial charge in [-0.05, 0) is 25.7 Å². The van der Waals surface area contributed by atoms with E-state index in [2.05, 4.69) is 10.4 Å². The van der Waals surface area contributed by atoms with Gasteiger partial charge in [0, 0.05) is 19.3 Å². The quantitative estimate of drug-likeness (QED) is 0.871. The largest absolute Gasteiger partial charge is 0.481 e. The van der Waals surface area contributed by atoms with Crippen LogP contribution in [0.1, 0.15) is 41.7 Å².